The van der Waals surface area contributed by atoms with Crippen LogP contribution in [0.2, 0.25) is 5.02 Å². The molecule has 1 aliphatic heterocycles. The van der Waals surface area contributed by atoms with Crippen molar-refractivity contribution in [2.75, 3.05) is 17.2 Å². The van der Waals surface area contributed by atoms with Crippen LogP contribution in [0.25, 0.3) is 11.3 Å². The summed E-state index contributed by atoms with van der Waals surface area (Å²) in [5.74, 6) is 0.263. The van der Waals surface area contributed by atoms with Gasteiger partial charge in [-0.15, -0.1) is 11.3 Å². The van der Waals surface area contributed by atoms with Crippen molar-refractivity contribution in [1.82, 2.24) is 4.98 Å². The maximum atomic E-state index is 12.0. The van der Waals surface area contributed by atoms with E-state index in [1.54, 1.807) is 24.3 Å². The van der Waals surface area contributed by atoms with Gasteiger partial charge in [0, 0.05) is 21.7 Å². The lowest BCUT2D eigenvalue weighted by atomic mass is 10.1. The molecule has 2 N–H and O–H groups in total. The molecule has 1 aliphatic rings. The molecular weight excluding hydrogens is 386 g/mol. The quantitative estimate of drug-likeness (QED) is 0.680. The van der Waals surface area contributed by atoms with E-state index in [0.717, 1.165) is 22.5 Å². The number of nitrogens with one attached hydrogen (secondary N) is 2. The number of halogens is 1. The third-order valence-electron chi connectivity index (χ3n) is 3.96. The monoisotopic (exact) mass is 399 g/mol. The molecule has 4 rings (SSSR count). The first-order valence-electron chi connectivity index (χ1n) is 8.14. The van der Waals surface area contributed by atoms with Gasteiger partial charge >= 0.3 is 0 Å². The van der Waals surface area contributed by atoms with E-state index in [0.29, 0.717) is 22.3 Å². The van der Waals surface area contributed by atoms with Crippen molar-refractivity contribution >= 4 is 45.6 Å². The molecule has 27 heavy (non-hydrogen) atoms. The predicted octanol–water partition coefficient (Wildman–Crippen LogP) is 3.98. The fraction of sp³-hybridized carbons (Fsp3) is 0.105. The Morgan fingerprint density at radius 1 is 1.26 bits per heavy atom. The molecule has 3 aromatic rings. The number of carbonyl (C=O) groups is 2. The molecule has 0 atom stereocenters. The Morgan fingerprint density at radius 2 is 2.07 bits per heavy atom. The van der Waals surface area contributed by atoms with Gasteiger partial charge in [0.2, 0.25) is 5.91 Å². The number of anilines is 2. The maximum absolute atomic E-state index is 12.0. The Hall–Kier alpha value is -2.90. The van der Waals surface area contributed by atoms with Crippen LogP contribution in [0.3, 0.4) is 0 Å². The summed E-state index contributed by atoms with van der Waals surface area (Å²) in [6.07, 6.45) is 0.374. The van der Waals surface area contributed by atoms with Crippen molar-refractivity contribution in [3.8, 4) is 17.0 Å². The SMILES string of the molecule is O=C(COc1ccc(Cl)cc1)Nc1nc(-c2ccc3c(c2)CC(=O)N3)cs1. The van der Waals surface area contributed by atoms with E-state index in [2.05, 4.69) is 15.6 Å². The first-order chi connectivity index (χ1) is 13.1. The summed E-state index contributed by atoms with van der Waals surface area (Å²) in [5.41, 5.74) is 3.44. The number of aromatic nitrogens is 1. The van der Waals surface area contributed by atoms with Crippen molar-refractivity contribution in [2.45, 2.75) is 6.42 Å². The minimum Gasteiger partial charge on any atom is -0.484 e. The highest BCUT2D eigenvalue weighted by molar-refractivity contribution is 7.14. The third-order valence-corrected chi connectivity index (χ3v) is 4.97. The molecule has 2 heterocycles. The van der Waals surface area contributed by atoms with Crippen molar-refractivity contribution in [3.05, 3.63) is 58.4 Å². The first-order valence-corrected chi connectivity index (χ1v) is 9.39. The van der Waals surface area contributed by atoms with Crippen LogP contribution in [0.15, 0.2) is 47.8 Å². The summed E-state index contributed by atoms with van der Waals surface area (Å²) in [4.78, 5) is 27.9. The molecule has 2 aromatic carbocycles. The van der Waals surface area contributed by atoms with E-state index in [1.807, 2.05) is 23.6 Å². The zero-order valence-corrected chi connectivity index (χ0v) is 15.6. The number of rotatable bonds is 5. The van der Waals surface area contributed by atoms with E-state index >= 15 is 0 Å². The number of fused-ring (bicyclic) bond motifs is 1. The Kier molecular flexibility index (Phi) is 4.79. The van der Waals surface area contributed by atoms with Crippen LogP contribution < -0.4 is 15.4 Å². The second-order valence-corrected chi connectivity index (χ2v) is 7.22. The van der Waals surface area contributed by atoms with Gasteiger partial charge in [0.1, 0.15) is 5.75 Å². The molecule has 0 radical (unpaired) electrons. The zero-order chi connectivity index (χ0) is 18.8. The van der Waals surface area contributed by atoms with Crippen LogP contribution in [0, 0.1) is 0 Å². The molecule has 0 saturated carbocycles. The van der Waals surface area contributed by atoms with Gasteiger partial charge in [0.25, 0.3) is 5.91 Å². The second kappa shape index (κ2) is 7.38. The number of ether oxygens (including phenoxy) is 1. The molecule has 0 spiro atoms. The van der Waals surface area contributed by atoms with Gasteiger partial charge in [-0.2, -0.15) is 0 Å². The molecular formula is C19H14ClN3O3S. The van der Waals surface area contributed by atoms with Crippen LogP contribution in [0.5, 0.6) is 5.75 Å². The van der Waals surface area contributed by atoms with Crippen LogP contribution in [0.1, 0.15) is 5.56 Å². The summed E-state index contributed by atoms with van der Waals surface area (Å²) in [6.45, 7) is -0.122. The number of hydrogen-bond acceptors (Lipinski definition) is 5. The minimum absolute atomic E-state index is 0.00549. The highest BCUT2D eigenvalue weighted by Gasteiger charge is 2.18. The fourth-order valence-electron chi connectivity index (χ4n) is 2.69. The Balaban J connectivity index is 1.38. The second-order valence-electron chi connectivity index (χ2n) is 5.93. The zero-order valence-electron chi connectivity index (χ0n) is 14.0. The van der Waals surface area contributed by atoms with Crippen molar-refractivity contribution in [1.29, 1.82) is 0 Å². The van der Waals surface area contributed by atoms with E-state index in [9.17, 15) is 9.59 Å². The number of amides is 2. The molecule has 6 nitrogen and oxygen atoms in total. The highest BCUT2D eigenvalue weighted by atomic mass is 35.5. The lowest BCUT2D eigenvalue weighted by Crippen LogP contribution is -2.20. The molecule has 2 amide bonds. The van der Waals surface area contributed by atoms with Crippen molar-refractivity contribution in [3.63, 3.8) is 0 Å². The number of nitrogens with zero attached hydrogens (tertiary/aromatic N) is 1. The van der Waals surface area contributed by atoms with Gasteiger partial charge in [-0.05, 0) is 42.0 Å². The van der Waals surface area contributed by atoms with Crippen LogP contribution >= 0.6 is 22.9 Å². The van der Waals surface area contributed by atoms with Gasteiger partial charge in [-0.1, -0.05) is 17.7 Å². The number of thiazole rings is 1. The topological polar surface area (TPSA) is 80.3 Å². The van der Waals surface area contributed by atoms with Gasteiger partial charge in [-0.3, -0.25) is 14.9 Å². The molecule has 136 valence electrons. The normalized spacial score (nSPS) is 12.4. The smallest absolute Gasteiger partial charge is 0.264 e. The fourth-order valence-corrected chi connectivity index (χ4v) is 3.55. The Labute approximate surface area is 164 Å². The summed E-state index contributed by atoms with van der Waals surface area (Å²) < 4.78 is 5.41. The summed E-state index contributed by atoms with van der Waals surface area (Å²) in [5, 5.41) is 8.49. The highest BCUT2D eigenvalue weighted by Crippen LogP contribution is 2.30. The summed E-state index contributed by atoms with van der Waals surface area (Å²) in [7, 11) is 0. The Morgan fingerprint density at radius 3 is 2.89 bits per heavy atom. The standard InChI is InChI=1S/C19H14ClN3O3S/c20-13-2-4-14(5-3-13)26-9-18(25)23-19-22-16(10-27-19)11-1-6-15-12(7-11)8-17(24)21-15/h1-7,10H,8-9H2,(H,21,24)(H,22,23,25). The molecule has 0 fully saturated rings. The summed E-state index contributed by atoms with van der Waals surface area (Å²) >= 11 is 7.14. The molecule has 8 heteroatoms. The number of carbonyl (C=O) groups excluding carboxylic acids is 2. The average Bonchev–Trinajstić information content (AvgIpc) is 3.26. The molecule has 0 saturated heterocycles. The first kappa shape index (κ1) is 17.5. The van der Waals surface area contributed by atoms with Gasteiger partial charge in [0.05, 0.1) is 12.1 Å². The number of benzene rings is 2. The Bertz CT molecular complexity index is 1020. The van der Waals surface area contributed by atoms with Gasteiger partial charge < -0.3 is 10.1 Å². The number of hydrogen-bond donors (Lipinski definition) is 2. The van der Waals surface area contributed by atoms with E-state index in [-0.39, 0.29) is 18.4 Å². The third kappa shape index (κ3) is 4.10. The lowest BCUT2D eigenvalue weighted by Gasteiger charge is -2.05. The molecule has 0 unspecified atom stereocenters. The van der Waals surface area contributed by atoms with Crippen molar-refractivity contribution < 1.29 is 14.3 Å². The van der Waals surface area contributed by atoms with E-state index in [1.165, 1.54) is 11.3 Å². The average molecular weight is 400 g/mol. The largest absolute Gasteiger partial charge is 0.484 e. The van der Waals surface area contributed by atoms with E-state index in [4.69, 9.17) is 16.3 Å². The van der Waals surface area contributed by atoms with Crippen LogP contribution in [-0.2, 0) is 16.0 Å². The van der Waals surface area contributed by atoms with Crippen molar-refractivity contribution in [2.24, 2.45) is 0 Å². The van der Waals surface area contributed by atoms with Crippen LogP contribution in [0.4, 0.5) is 10.8 Å². The minimum atomic E-state index is -0.297. The maximum Gasteiger partial charge on any atom is 0.264 e. The van der Waals surface area contributed by atoms with E-state index < -0.39 is 0 Å². The van der Waals surface area contributed by atoms with Crippen LogP contribution in [-0.4, -0.2) is 23.4 Å². The van der Waals surface area contributed by atoms with Gasteiger partial charge in [0.15, 0.2) is 11.7 Å². The summed E-state index contributed by atoms with van der Waals surface area (Å²) in [6, 6.07) is 12.5. The molecule has 0 aliphatic carbocycles. The molecule has 0 bridgehead atoms. The predicted molar refractivity (Wildman–Crippen MR) is 105 cm³/mol. The van der Waals surface area contributed by atoms with Gasteiger partial charge in [-0.25, -0.2) is 4.98 Å². The lowest BCUT2D eigenvalue weighted by molar-refractivity contribution is -0.118. The molecule has 1 aromatic heterocycles.